The molecule has 0 saturated carbocycles. The van der Waals surface area contributed by atoms with Gasteiger partial charge < -0.3 is 18.7 Å². The summed E-state index contributed by atoms with van der Waals surface area (Å²) in [5, 5.41) is 11.5. The summed E-state index contributed by atoms with van der Waals surface area (Å²) in [7, 11) is 0. The Morgan fingerprint density at radius 3 is 2.75 bits per heavy atom. The molecule has 2 aromatic carbocycles. The summed E-state index contributed by atoms with van der Waals surface area (Å²) in [5.41, 5.74) is 4.19. The number of hydrogen-bond acceptors (Lipinski definition) is 4. The number of hydrogen-bond donors (Lipinski definition) is 1. The van der Waals surface area contributed by atoms with Crippen molar-refractivity contribution in [2.24, 2.45) is 0 Å². The summed E-state index contributed by atoms with van der Waals surface area (Å²) in [4.78, 5) is 0. The highest BCUT2D eigenvalue weighted by atomic mass is 16.5. The molecule has 4 aromatic rings. The molecule has 0 unspecified atom stereocenters. The molecular weight excluding hydrogens is 304 g/mol. The molecule has 0 aliphatic carbocycles. The maximum absolute atomic E-state index is 9.67. The largest absolute Gasteiger partial charge is 0.508 e. The highest BCUT2D eigenvalue weighted by Gasteiger charge is 2.26. The molecule has 2 aromatic heterocycles. The van der Waals surface area contributed by atoms with Crippen molar-refractivity contribution in [3.63, 3.8) is 0 Å². The molecule has 0 bridgehead atoms. The van der Waals surface area contributed by atoms with Crippen molar-refractivity contribution in [3.8, 4) is 22.8 Å². The van der Waals surface area contributed by atoms with E-state index in [1.54, 1.807) is 12.1 Å². The van der Waals surface area contributed by atoms with E-state index in [9.17, 15) is 5.11 Å². The number of benzene rings is 2. The van der Waals surface area contributed by atoms with Gasteiger partial charge in [-0.3, -0.25) is 0 Å². The molecule has 4 nitrogen and oxygen atoms in total. The highest BCUT2D eigenvalue weighted by Crippen LogP contribution is 2.47. The second-order valence-electron chi connectivity index (χ2n) is 6.12. The predicted molar refractivity (Wildman–Crippen MR) is 92.1 cm³/mol. The van der Waals surface area contributed by atoms with Crippen molar-refractivity contribution in [1.82, 2.24) is 0 Å². The number of allylic oxidation sites excluding steroid dienone is 1. The summed E-state index contributed by atoms with van der Waals surface area (Å²) in [6.45, 7) is 6.26. The van der Waals surface area contributed by atoms with Gasteiger partial charge in [-0.05, 0) is 42.8 Å². The van der Waals surface area contributed by atoms with E-state index in [1.165, 1.54) is 0 Å². The quantitative estimate of drug-likeness (QED) is 0.505. The Labute approximate surface area is 137 Å². The first kappa shape index (κ1) is 13.3. The molecular formula is C20H14O4. The number of fused-ring (bicyclic) bond motifs is 7. The molecule has 0 atom stereocenters. The number of phenolic OH excluding ortho intramolecular Hbond substituents is 1. The average Bonchev–Trinajstić information content (AvgIpc) is 3.15. The van der Waals surface area contributed by atoms with E-state index >= 15 is 0 Å². The second-order valence-corrected chi connectivity index (χ2v) is 6.12. The van der Waals surface area contributed by atoms with Gasteiger partial charge in [-0.2, -0.15) is 0 Å². The van der Waals surface area contributed by atoms with Gasteiger partial charge in [0.1, 0.15) is 40.8 Å². The lowest BCUT2D eigenvalue weighted by Crippen LogP contribution is -2.03. The Morgan fingerprint density at radius 2 is 1.92 bits per heavy atom. The van der Waals surface area contributed by atoms with Crippen LogP contribution in [0.25, 0.3) is 38.8 Å². The van der Waals surface area contributed by atoms with Gasteiger partial charge in [-0.25, -0.2) is 0 Å². The van der Waals surface area contributed by atoms with Gasteiger partial charge in [0.15, 0.2) is 0 Å². The lowest BCUT2D eigenvalue weighted by Gasteiger charge is -2.17. The van der Waals surface area contributed by atoms with E-state index in [-0.39, 0.29) is 5.75 Å². The maximum atomic E-state index is 9.67. The summed E-state index contributed by atoms with van der Waals surface area (Å²) >= 11 is 0. The van der Waals surface area contributed by atoms with Gasteiger partial charge >= 0.3 is 0 Å². The van der Waals surface area contributed by atoms with Crippen LogP contribution in [-0.4, -0.2) is 5.11 Å². The molecule has 1 aliphatic rings. The van der Waals surface area contributed by atoms with Crippen molar-refractivity contribution in [3.05, 3.63) is 54.3 Å². The molecule has 0 saturated heterocycles. The van der Waals surface area contributed by atoms with Gasteiger partial charge in [0, 0.05) is 17.0 Å². The van der Waals surface area contributed by atoms with Gasteiger partial charge in [0.2, 0.25) is 0 Å². The fraction of sp³-hybridized carbons (Fsp3) is 0.100. The second kappa shape index (κ2) is 4.45. The zero-order valence-corrected chi connectivity index (χ0v) is 13.1. The van der Waals surface area contributed by atoms with Crippen LogP contribution in [0, 0.1) is 0 Å². The lowest BCUT2D eigenvalue weighted by molar-refractivity contribution is 0.304. The van der Waals surface area contributed by atoms with E-state index in [0.29, 0.717) is 12.2 Å². The van der Waals surface area contributed by atoms with E-state index in [4.69, 9.17) is 13.6 Å². The van der Waals surface area contributed by atoms with Gasteiger partial charge in [-0.15, -0.1) is 0 Å². The van der Waals surface area contributed by atoms with Gasteiger partial charge in [0.05, 0.1) is 10.9 Å². The summed E-state index contributed by atoms with van der Waals surface area (Å²) in [5.74, 6) is 2.49. The molecule has 0 fully saturated rings. The number of furan rings is 2. The predicted octanol–water partition coefficient (Wildman–Crippen LogP) is 5.48. The number of aromatic hydroxyl groups is 1. The molecule has 1 N–H and O–H groups in total. The van der Waals surface area contributed by atoms with Crippen LogP contribution in [0.4, 0.5) is 0 Å². The monoisotopic (exact) mass is 318 g/mol. The minimum atomic E-state index is 0.186. The van der Waals surface area contributed by atoms with E-state index in [1.807, 2.05) is 31.2 Å². The Balaban J connectivity index is 1.80. The SMILES string of the molecule is C=C(C)c1cc2c3c(ccc2o1)-c1oc2cc(O)ccc2c1CO3. The van der Waals surface area contributed by atoms with Crippen LogP contribution < -0.4 is 4.74 Å². The summed E-state index contributed by atoms with van der Waals surface area (Å²) in [6, 6.07) is 11.0. The number of rotatable bonds is 1. The van der Waals surface area contributed by atoms with Crippen molar-refractivity contribution in [1.29, 1.82) is 0 Å². The van der Waals surface area contributed by atoms with Gasteiger partial charge in [-0.1, -0.05) is 6.58 Å². The minimum absolute atomic E-state index is 0.186. The van der Waals surface area contributed by atoms with Crippen LogP contribution in [-0.2, 0) is 6.61 Å². The fourth-order valence-corrected chi connectivity index (χ4v) is 3.27. The van der Waals surface area contributed by atoms with Crippen LogP contribution in [0.15, 0.2) is 51.8 Å². The van der Waals surface area contributed by atoms with Crippen molar-refractivity contribution >= 4 is 27.5 Å². The molecule has 0 amide bonds. The Bertz CT molecular complexity index is 1140. The number of phenols is 1. The van der Waals surface area contributed by atoms with E-state index in [0.717, 1.165) is 50.3 Å². The normalized spacial score (nSPS) is 12.9. The van der Waals surface area contributed by atoms with E-state index in [2.05, 4.69) is 6.58 Å². The topological polar surface area (TPSA) is 55.7 Å². The molecule has 5 rings (SSSR count). The first-order chi connectivity index (χ1) is 11.6. The maximum Gasteiger partial charge on any atom is 0.145 e. The third-order valence-electron chi connectivity index (χ3n) is 4.45. The standard InChI is InChI=1S/C20H14O4/c1-10(2)17-8-14-16(23-17)6-5-13-19(14)22-9-15-12-4-3-11(21)7-18(12)24-20(13)15/h3-8,21H,1,9H2,2H3. The summed E-state index contributed by atoms with van der Waals surface area (Å²) in [6.07, 6.45) is 0. The highest BCUT2D eigenvalue weighted by molar-refractivity contribution is 5.97. The summed E-state index contributed by atoms with van der Waals surface area (Å²) < 4.78 is 17.9. The molecule has 0 radical (unpaired) electrons. The first-order valence-corrected chi connectivity index (χ1v) is 7.72. The Kier molecular flexibility index (Phi) is 2.47. The van der Waals surface area contributed by atoms with Gasteiger partial charge in [0.25, 0.3) is 0 Å². The number of ether oxygens (including phenoxy) is 1. The molecule has 24 heavy (non-hydrogen) atoms. The molecule has 118 valence electrons. The van der Waals surface area contributed by atoms with Crippen LogP contribution in [0.3, 0.4) is 0 Å². The first-order valence-electron chi connectivity index (χ1n) is 7.72. The Morgan fingerprint density at radius 1 is 1.04 bits per heavy atom. The fourth-order valence-electron chi connectivity index (χ4n) is 3.27. The van der Waals surface area contributed by atoms with Crippen molar-refractivity contribution in [2.45, 2.75) is 13.5 Å². The van der Waals surface area contributed by atoms with Crippen LogP contribution in [0.1, 0.15) is 18.2 Å². The average molecular weight is 318 g/mol. The third-order valence-corrected chi connectivity index (χ3v) is 4.45. The van der Waals surface area contributed by atoms with Crippen LogP contribution >= 0.6 is 0 Å². The molecule has 1 aliphatic heterocycles. The lowest BCUT2D eigenvalue weighted by atomic mass is 10.0. The van der Waals surface area contributed by atoms with Crippen LogP contribution in [0.5, 0.6) is 11.5 Å². The zero-order valence-electron chi connectivity index (χ0n) is 13.1. The zero-order chi connectivity index (χ0) is 16.4. The molecule has 0 spiro atoms. The van der Waals surface area contributed by atoms with Crippen molar-refractivity contribution < 1.29 is 18.7 Å². The van der Waals surface area contributed by atoms with Crippen molar-refractivity contribution in [2.75, 3.05) is 0 Å². The Hall–Kier alpha value is -3.14. The molecule has 4 heteroatoms. The van der Waals surface area contributed by atoms with E-state index < -0.39 is 0 Å². The van der Waals surface area contributed by atoms with Crippen LogP contribution in [0.2, 0.25) is 0 Å². The minimum Gasteiger partial charge on any atom is -0.508 e. The third kappa shape index (κ3) is 1.68. The molecule has 3 heterocycles. The smallest absolute Gasteiger partial charge is 0.145 e.